The smallest absolute Gasteiger partial charge is 0.271 e. The van der Waals surface area contributed by atoms with Gasteiger partial charge in [-0.1, -0.05) is 33.6 Å². The molecule has 0 saturated heterocycles. The molecule has 0 saturated carbocycles. The SMILES string of the molecule is O=C(N/N=C/c1ccc(-c2cc([N+](=O)[O-])ccc2Cl)o1)c1cccc(Br)c1. The predicted octanol–water partition coefficient (Wildman–Crippen LogP) is 5.03. The van der Waals surface area contributed by atoms with Gasteiger partial charge >= 0.3 is 0 Å². The van der Waals surface area contributed by atoms with Crippen LogP contribution in [0.5, 0.6) is 0 Å². The van der Waals surface area contributed by atoms with Crippen LogP contribution in [0.15, 0.2) is 68.6 Å². The number of nitro groups is 1. The number of carbonyl (C=O) groups excluding carboxylic acids is 1. The molecule has 1 aromatic heterocycles. The summed E-state index contributed by atoms with van der Waals surface area (Å²) in [4.78, 5) is 22.4. The Hall–Kier alpha value is -2.97. The number of rotatable bonds is 5. The van der Waals surface area contributed by atoms with E-state index in [2.05, 4.69) is 26.5 Å². The summed E-state index contributed by atoms with van der Waals surface area (Å²) in [7, 11) is 0. The average molecular weight is 449 g/mol. The van der Waals surface area contributed by atoms with Crippen molar-refractivity contribution >= 4 is 45.3 Å². The summed E-state index contributed by atoms with van der Waals surface area (Å²) in [6, 6.07) is 14.2. The van der Waals surface area contributed by atoms with Crippen LogP contribution in [0.4, 0.5) is 5.69 Å². The number of hydrazone groups is 1. The Morgan fingerprint density at radius 3 is 2.78 bits per heavy atom. The maximum absolute atomic E-state index is 12.0. The number of hydrogen-bond donors (Lipinski definition) is 1. The van der Waals surface area contributed by atoms with Crippen LogP contribution in [0, 0.1) is 10.1 Å². The first-order chi connectivity index (χ1) is 12.9. The van der Waals surface area contributed by atoms with Crippen molar-refractivity contribution in [2.45, 2.75) is 0 Å². The van der Waals surface area contributed by atoms with Crippen molar-refractivity contribution in [1.82, 2.24) is 5.43 Å². The maximum Gasteiger partial charge on any atom is 0.271 e. The van der Waals surface area contributed by atoms with Crippen LogP contribution in [0.1, 0.15) is 16.1 Å². The quantitative estimate of drug-likeness (QED) is 0.336. The fraction of sp³-hybridized carbons (Fsp3) is 0. The van der Waals surface area contributed by atoms with Crippen LogP contribution in [-0.2, 0) is 0 Å². The second-order valence-corrected chi connectivity index (χ2v) is 6.66. The molecule has 0 unspecified atom stereocenters. The van der Waals surface area contributed by atoms with Crippen molar-refractivity contribution in [2.75, 3.05) is 0 Å². The molecule has 0 fully saturated rings. The van der Waals surface area contributed by atoms with E-state index in [1.807, 2.05) is 6.07 Å². The molecule has 0 atom stereocenters. The third-order valence-corrected chi connectivity index (χ3v) is 4.32. The largest absolute Gasteiger partial charge is 0.455 e. The summed E-state index contributed by atoms with van der Waals surface area (Å²) in [5, 5.41) is 15.1. The molecule has 1 amide bonds. The number of benzene rings is 2. The van der Waals surface area contributed by atoms with Gasteiger partial charge in [0, 0.05) is 27.7 Å². The minimum Gasteiger partial charge on any atom is -0.455 e. The summed E-state index contributed by atoms with van der Waals surface area (Å²) in [6.45, 7) is 0. The lowest BCUT2D eigenvalue weighted by Crippen LogP contribution is -2.17. The van der Waals surface area contributed by atoms with E-state index >= 15 is 0 Å². The number of nitrogens with zero attached hydrogens (tertiary/aromatic N) is 2. The van der Waals surface area contributed by atoms with Crippen molar-refractivity contribution in [3.8, 4) is 11.3 Å². The first kappa shape index (κ1) is 18.8. The third kappa shape index (κ3) is 4.60. The van der Waals surface area contributed by atoms with Crippen LogP contribution in [0.3, 0.4) is 0 Å². The molecule has 3 rings (SSSR count). The molecule has 9 heteroatoms. The number of furan rings is 1. The van der Waals surface area contributed by atoms with Crippen molar-refractivity contribution in [2.24, 2.45) is 5.10 Å². The Morgan fingerprint density at radius 1 is 1.22 bits per heavy atom. The second-order valence-electron chi connectivity index (χ2n) is 5.33. The molecule has 2 aromatic carbocycles. The number of non-ortho nitro benzene ring substituents is 1. The number of halogens is 2. The number of hydrogen-bond acceptors (Lipinski definition) is 5. The Labute approximate surface area is 166 Å². The molecule has 0 radical (unpaired) electrons. The standard InChI is InChI=1S/C18H11BrClN3O4/c19-12-3-1-2-11(8-12)18(24)22-21-10-14-5-7-17(27-14)15-9-13(23(25)26)4-6-16(15)20/h1-10H,(H,22,24)/b21-10+. The predicted molar refractivity (Wildman–Crippen MR) is 105 cm³/mol. The molecule has 0 aliphatic heterocycles. The summed E-state index contributed by atoms with van der Waals surface area (Å²) >= 11 is 9.39. The van der Waals surface area contributed by atoms with Crippen LogP contribution in [0.2, 0.25) is 5.02 Å². The molecule has 0 aliphatic rings. The number of carbonyl (C=O) groups is 1. The fourth-order valence-electron chi connectivity index (χ4n) is 2.23. The van der Waals surface area contributed by atoms with E-state index < -0.39 is 4.92 Å². The maximum atomic E-state index is 12.0. The monoisotopic (exact) mass is 447 g/mol. The number of amides is 1. The van der Waals surface area contributed by atoms with Gasteiger partial charge in [0.25, 0.3) is 11.6 Å². The van der Waals surface area contributed by atoms with Crippen molar-refractivity contribution < 1.29 is 14.1 Å². The Balaban J connectivity index is 1.73. The number of nitro benzene ring substituents is 1. The van der Waals surface area contributed by atoms with Gasteiger partial charge in [-0.2, -0.15) is 5.10 Å². The molecule has 7 nitrogen and oxygen atoms in total. The lowest BCUT2D eigenvalue weighted by molar-refractivity contribution is -0.384. The van der Waals surface area contributed by atoms with E-state index in [4.69, 9.17) is 16.0 Å². The minimum absolute atomic E-state index is 0.0951. The molecule has 0 aliphatic carbocycles. The summed E-state index contributed by atoms with van der Waals surface area (Å²) < 4.78 is 6.36. The highest BCUT2D eigenvalue weighted by Crippen LogP contribution is 2.32. The molecule has 0 bridgehead atoms. The van der Waals surface area contributed by atoms with E-state index in [1.165, 1.54) is 24.4 Å². The van der Waals surface area contributed by atoms with Gasteiger partial charge in [-0.15, -0.1) is 0 Å². The highest BCUT2D eigenvalue weighted by Gasteiger charge is 2.14. The van der Waals surface area contributed by atoms with Gasteiger partial charge < -0.3 is 4.42 Å². The van der Waals surface area contributed by atoms with E-state index in [0.29, 0.717) is 27.7 Å². The Bertz CT molecular complexity index is 1050. The normalized spacial score (nSPS) is 10.9. The number of nitrogens with one attached hydrogen (secondary N) is 1. The highest BCUT2D eigenvalue weighted by atomic mass is 79.9. The zero-order valence-corrected chi connectivity index (χ0v) is 15.9. The van der Waals surface area contributed by atoms with E-state index in [0.717, 1.165) is 4.47 Å². The van der Waals surface area contributed by atoms with Crippen molar-refractivity contribution in [3.05, 3.63) is 85.5 Å². The average Bonchev–Trinajstić information content (AvgIpc) is 3.10. The van der Waals surface area contributed by atoms with E-state index in [9.17, 15) is 14.9 Å². The first-order valence-electron chi connectivity index (χ1n) is 7.57. The van der Waals surface area contributed by atoms with Crippen LogP contribution < -0.4 is 5.43 Å². The van der Waals surface area contributed by atoms with Crippen molar-refractivity contribution in [3.63, 3.8) is 0 Å². The molecule has 27 heavy (non-hydrogen) atoms. The fourth-order valence-corrected chi connectivity index (χ4v) is 2.84. The molecular weight excluding hydrogens is 438 g/mol. The van der Waals surface area contributed by atoms with Gasteiger partial charge in [0.2, 0.25) is 0 Å². The van der Waals surface area contributed by atoms with Crippen LogP contribution >= 0.6 is 27.5 Å². The molecule has 1 heterocycles. The Kier molecular flexibility index (Phi) is 5.68. The lowest BCUT2D eigenvalue weighted by Gasteiger charge is -2.01. The van der Waals surface area contributed by atoms with E-state index in [-0.39, 0.29) is 11.6 Å². The van der Waals surface area contributed by atoms with Gasteiger partial charge in [0.15, 0.2) is 0 Å². The lowest BCUT2D eigenvalue weighted by atomic mass is 10.1. The molecular formula is C18H11BrClN3O4. The van der Waals surface area contributed by atoms with E-state index in [1.54, 1.807) is 30.3 Å². The van der Waals surface area contributed by atoms with Crippen molar-refractivity contribution in [1.29, 1.82) is 0 Å². The first-order valence-corrected chi connectivity index (χ1v) is 8.74. The Morgan fingerprint density at radius 2 is 2.04 bits per heavy atom. The zero-order chi connectivity index (χ0) is 19.4. The molecule has 0 spiro atoms. The second kappa shape index (κ2) is 8.15. The van der Waals surface area contributed by atoms with Gasteiger partial charge in [-0.05, 0) is 36.4 Å². The highest BCUT2D eigenvalue weighted by molar-refractivity contribution is 9.10. The summed E-state index contributed by atoms with van der Waals surface area (Å²) in [5.41, 5.74) is 3.14. The summed E-state index contributed by atoms with van der Waals surface area (Å²) in [5.74, 6) is 0.326. The molecule has 3 aromatic rings. The summed E-state index contributed by atoms with van der Waals surface area (Å²) in [6.07, 6.45) is 1.32. The molecule has 1 N–H and O–H groups in total. The van der Waals surface area contributed by atoms with Gasteiger partial charge in [0.1, 0.15) is 11.5 Å². The van der Waals surface area contributed by atoms with Crippen LogP contribution in [-0.4, -0.2) is 17.0 Å². The topological polar surface area (TPSA) is 97.7 Å². The minimum atomic E-state index is -0.511. The molecule has 136 valence electrons. The van der Waals surface area contributed by atoms with Crippen LogP contribution in [0.25, 0.3) is 11.3 Å². The van der Waals surface area contributed by atoms with Gasteiger partial charge in [-0.25, -0.2) is 5.43 Å². The van der Waals surface area contributed by atoms with Gasteiger partial charge in [-0.3, -0.25) is 14.9 Å². The zero-order valence-electron chi connectivity index (χ0n) is 13.6. The van der Waals surface area contributed by atoms with Gasteiger partial charge in [0.05, 0.1) is 16.2 Å². The third-order valence-electron chi connectivity index (χ3n) is 3.50.